The Bertz CT molecular complexity index is 748. The Morgan fingerprint density at radius 3 is 2.75 bits per heavy atom. The van der Waals surface area contributed by atoms with Gasteiger partial charge in [0.1, 0.15) is 11.5 Å². The maximum Gasteiger partial charge on any atom is 0.223 e. The number of nitrogens with zero attached hydrogens (tertiary/aromatic N) is 2. The lowest BCUT2D eigenvalue weighted by atomic mass is 10.1. The van der Waals surface area contributed by atoms with Crippen LogP contribution in [0.4, 0.5) is 5.95 Å². The van der Waals surface area contributed by atoms with Gasteiger partial charge in [-0.2, -0.15) is 0 Å². The van der Waals surface area contributed by atoms with Crippen molar-refractivity contribution in [1.82, 2.24) is 9.97 Å². The van der Waals surface area contributed by atoms with E-state index in [1.54, 1.807) is 0 Å². The van der Waals surface area contributed by atoms with Crippen LogP contribution in [0.1, 0.15) is 30.0 Å². The quantitative estimate of drug-likeness (QED) is 0.779. The van der Waals surface area contributed by atoms with Crippen LogP contribution < -0.4 is 5.32 Å². The molecule has 1 aromatic carbocycles. The van der Waals surface area contributed by atoms with Gasteiger partial charge in [0.05, 0.1) is 11.6 Å². The Hall–Kier alpha value is -2.36. The number of hydrogen-bond acceptors (Lipinski definition) is 4. The molecule has 0 aliphatic rings. The van der Waals surface area contributed by atoms with Crippen LogP contribution in [0.3, 0.4) is 0 Å². The Kier molecular flexibility index (Phi) is 3.14. The van der Waals surface area contributed by atoms with E-state index in [2.05, 4.69) is 22.2 Å². The molecule has 1 unspecified atom stereocenters. The number of aryl methyl sites for hydroxylation is 2. The van der Waals surface area contributed by atoms with Crippen molar-refractivity contribution in [1.29, 1.82) is 0 Å². The number of furan rings is 1. The minimum absolute atomic E-state index is 0.105. The standard InChI is InChI=1S/C16H17N3O/c1-10-8-14(12(3)20-10)11(2)18-16-17-9-13-6-4-5-7-15(13)19-16/h4-9,11H,1-3H3,(H,17,18,19). The van der Waals surface area contributed by atoms with Crippen molar-refractivity contribution in [3.8, 4) is 0 Å². The summed E-state index contributed by atoms with van der Waals surface area (Å²) >= 11 is 0. The van der Waals surface area contributed by atoms with E-state index in [4.69, 9.17) is 4.42 Å². The van der Waals surface area contributed by atoms with E-state index < -0.39 is 0 Å². The zero-order chi connectivity index (χ0) is 14.1. The van der Waals surface area contributed by atoms with Gasteiger partial charge in [-0.15, -0.1) is 0 Å². The van der Waals surface area contributed by atoms with Crippen LogP contribution >= 0.6 is 0 Å². The molecule has 0 saturated heterocycles. The van der Waals surface area contributed by atoms with E-state index in [1.807, 2.05) is 50.4 Å². The second kappa shape index (κ2) is 4.96. The Morgan fingerprint density at radius 1 is 1.20 bits per heavy atom. The molecule has 3 rings (SSSR count). The predicted molar refractivity (Wildman–Crippen MR) is 79.8 cm³/mol. The molecule has 0 aliphatic carbocycles. The fourth-order valence-corrected chi connectivity index (χ4v) is 2.39. The van der Waals surface area contributed by atoms with Gasteiger partial charge in [0.15, 0.2) is 0 Å². The highest BCUT2D eigenvalue weighted by atomic mass is 16.3. The molecule has 4 nitrogen and oxygen atoms in total. The van der Waals surface area contributed by atoms with Crippen molar-refractivity contribution in [2.24, 2.45) is 0 Å². The molecule has 2 aromatic heterocycles. The Morgan fingerprint density at radius 2 is 2.00 bits per heavy atom. The third-order valence-corrected chi connectivity index (χ3v) is 3.38. The lowest BCUT2D eigenvalue weighted by Gasteiger charge is -2.13. The van der Waals surface area contributed by atoms with Crippen molar-refractivity contribution in [3.05, 3.63) is 53.6 Å². The first-order chi connectivity index (χ1) is 9.63. The van der Waals surface area contributed by atoms with Gasteiger partial charge in [-0.05, 0) is 32.9 Å². The summed E-state index contributed by atoms with van der Waals surface area (Å²) in [4.78, 5) is 8.88. The van der Waals surface area contributed by atoms with Gasteiger partial charge in [0.2, 0.25) is 5.95 Å². The summed E-state index contributed by atoms with van der Waals surface area (Å²) in [6.07, 6.45) is 1.84. The summed E-state index contributed by atoms with van der Waals surface area (Å²) in [5.74, 6) is 2.49. The summed E-state index contributed by atoms with van der Waals surface area (Å²) < 4.78 is 5.56. The molecule has 3 aromatic rings. The minimum Gasteiger partial charge on any atom is -0.466 e. The van der Waals surface area contributed by atoms with E-state index in [9.17, 15) is 0 Å². The lowest BCUT2D eigenvalue weighted by Crippen LogP contribution is -2.09. The first-order valence-corrected chi connectivity index (χ1v) is 6.69. The highest BCUT2D eigenvalue weighted by molar-refractivity contribution is 5.78. The molecule has 2 heterocycles. The monoisotopic (exact) mass is 267 g/mol. The average molecular weight is 267 g/mol. The number of aromatic nitrogens is 2. The number of fused-ring (bicyclic) bond motifs is 1. The first kappa shape index (κ1) is 12.7. The average Bonchev–Trinajstić information content (AvgIpc) is 2.78. The minimum atomic E-state index is 0.105. The van der Waals surface area contributed by atoms with Crippen molar-refractivity contribution < 1.29 is 4.42 Å². The second-order valence-corrected chi connectivity index (χ2v) is 4.99. The Balaban J connectivity index is 1.87. The van der Waals surface area contributed by atoms with Gasteiger partial charge < -0.3 is 9.73 Å². The molecule has 0 amide bonds. The number of anilines is 1. The van der Waals surface area contributed by atoms with Crippen molar-refractivity contribution in [2.45, 2.75) is 26.8 Å². The molecule has 0 radical (unpaired) electrons. The summed E-state index contributed by atoms with van der Waals surface area (Å²) in [5.41, 5.74) is 2.08. The molecule has 0 fully saturated rings. The maximum absolute atomic E-state index is 5.56. The third-order valence-electron chi connectivity index (χ3n) is 3.38. The van der Waals surface area contributed by atoms with Crippen molar-refractivity contribution in [2.75, 3.05) is 5.32 Å². The van der Waals surface area contributed by atoms with Crippen LogP contribution in [0, 0.1) is 13.8 Å². The summed E-state index contributed by atoms with van der Waals surface area (Å²) in [7, 11) is 0. The second-order valence-electron chi connectivity index (χ2n) is 4.99. The lowest BCUT2D eigenvalue weighted by molar-refractivity contribution is 0.499. The van der Waals surface area contributed by atoms with E-state index in [1.165, 1.54) is 0 Å². The number of nitrogens with one attached hydrogen (secondary N) is 1. The highest BCUT2D eigenvalue weighted by Gasteiger charge is 2.13. The van der Waals surface area contributed by atoms with Gasteiger partial charge in [-0.25, -0.2) is 9.97 Å². The van der Waals surface area contributed by atoms with Crippen molar-refractivity contribution >= 4 is 16.9 Å². The normalized spacial score (nSPS) is 12.6. The van der Waals surface area contributed by atoms with Gasteiger partial charge in [-0.1, -0.05) is 18.2 Å². The highest BCUT2D eigenvalue weighted by Crippen LogP contribution is 2.24. The largest absolute Gasteiger partial charge is 0.466 e. The molecule has 102 valence electrons. The predicted octanol–water partition coefficient (Wildman–Crippen LogP) is 4.01. The van der Waals surface area contributed by atoms with E-state index in [0.717, 1.165) is 28.0 Å². The molecule has 1 atom stereocenters. The number of rotatable bonds is 3. The van der Waals surface area contributed by atoms with Gasteiger partial charge in [0.25, 0.3) is 0 Å². The number of para-hydroxylation sites is 1. The maximum atomic E-state index is 5.56. The molecule has 20 heavy (non-hydrogen) atoms. The number of hydrogen-bond donors (Lipinski definition) is 1. The summed E-state index contributed by atoms with van der Waals surface area (Å²) in [6, 6.07) is 10.1. The summed E-state index contributed by atoms with van der Waals surface area (Å²) in [6.45, 7) is 6.01. The van der Waals surface area contributed by atoms with Crippen LogP contribution in [0.5, 0.6) is 0 Å². The fraction of sp³-hybridized carbons (Fsp3) is 0.250. The molecule has 4 heteroatoms. The fourth-order valence-electron chi connectivity index (χ4n) is 2.39. The van der Waals surface area contributed by atoms with Gasteiger partial charge >= 0.3 is 0 Å². The molecule has 1 N–H and O–H groups in total. The van der Waals surface area contributed by atoms with Crippen LogP contribution in [0.2, 0.25) is 0 Å². The van der Waals surface area contributed by atoms with Crippen LogP contribution in [0.25, 0.3) is 10.9 Å². The molecular formula is C16H17N3O. The van der Waals surface area contributed by atoms with Gasteiger partial charge in [-0.3, -0.25) is 0 Å². The van der Waals surface area contributed by atoms with E-state index in [0.29, 0.717) is 5.95 Å². The smallest absolute Gasteiger partial charge is 0.223 e. The van der Waals surface area contributed by atoms with Crippen LogP contribution in [-0.4, -0.2) is 9.97 Å². The van der Waals surface area contributed by atoms with Crippen LogP contribution in [-0.2, 0) is 0 Å². The van der Waals surface area contributed by atoms with Crippen LogP contribution in [0.15, 0.2) is 40.9 Å². The molecule has 0 spiro atoms. The molecular weight excluding hydrogens is 250 g/mol. The topological polar surface area (TPSA) is 51.0 Å². The third kappa shape index (κ3) is 2.37. The molecule has 0 saturated carbocycles. The zero-order valence-electron chi connectivity index (χ0n) is 11.8. The van der Waals surface area contributed by atoms with E-state index >= 15 is 0 Å². The number of benzene rings is 1. The molecule has 0 aliphatic heterocycles. The Labute approximate surface area is 117 Å². The molecule has 0 bridgehead atoms. The SMILES string of the molecule is Cc1cc(C(C)Nc2ncc3ccccc3n2)c(C)o1. The first-order valence-electron chi connectivity index (χ1n) is 6.69. The van der Waals surface area contributed by atoms with Gasteiger partial charge in [0, 0.05) is 17.1 Å². The zero-order valence-corrected chi connectivity index (χ0v) is 11.8. The van der Waals surface area contributed by atoms with Crippen molar-refractivity contribution in [3.63, 3.8) is 0 Å². The van der Waals surface area contributed by atoms with E-state index in [-0.39, 0.29) is 6.04 Å². The summed E-state index contributed by atoms with van der Waals surface area (Å²) in [5, 5.41) is 4.36.